The smallest absolute Gasteiger partial charge is 0.431 e. The van der Waals surface area contributed by atoms with Crippen molar-refractivity contribution in [1.82, 2.24) is 0 Å². The van der Waals surface area contributed by atoms with Gasteiger partial charge in [0.15, 0.2) is 0 Å². The summed E-state index contributed by atoms with van der Waals surface area (Å²) in [6.07, 6.45) is -13.0. The van der Waals surface area contributed by atoms with E-state index in [0.29, 0.717) is 16.7 Å². The monoisotopic (exact) mass is 542 g/mol. The van der Waals surface area contributed by atoms with Gasteiger partial charge in [-0.25, -0.2) is 4.79 Å². The van der Waals surface area contributed by atoms with E-state index in [1.165, 1.54) is 48.5 Å². The van der Waals surface area contributed by atoms with Crippen molar-refractivity contribution in [2.24, 2.45) is 5.10 Å². The van der Waals surface area contributed by atoms with Crippen LogP contribution in [0.3, 0.4) is 0 Å². The first-order valence-corrected chi connectivity index (χ1v) is 11.0. The highest BCUT2D eigenvalue weighted by Gasteiger charge is 2.74. The fraction of sp³-hybridized carbons (Fsp3) is 0.200. The average Bonchev–Trinajstić information content (AvgIpc) is 3.28. The fourth-order valence-corrected chi connectivity index (χ4v) is 4.26. The molecule has 37 heavy (non-hydrogen) atoms. The molecule has 0 spiro atoms. The van der Waals surface area contributed by atoms with Gasteiger partial charge in [0.05, 0.1) is 28.0 Å². The predicted molar refractivity (Wildman–Crippen MR) is 125 cm³/mol. The number of alkyl halides is 6. The molecule has 4 rings (SSSR count). The first-order chi connectivity index (χ1) is 17.2. The van der Waals surface area contributed by atoms with E-state index in [4.69, 9.17) is 16.7 Å². The van der Waals surface area contributed by atoms with E-state index in [0.717, 1.165) is 5.01 Å². The zero-order chi connectivity index (χ0) is 27.2. The van der Waals surface area contributed by atoms with E-state index in [2.05, 4.69) is 5.10 Å². The first-order valence-electron chi connectivity index (χ1n) is 10.7. The minimum absolute atomic E-state index is 0.0372. The van der Waals surface area contributed by atoms with E-state index in [1.807, 2.05) is 0 Å². The number of halogens is 7. The number of carboxylic acid groups (broad SMARTS) is 1. The van der Waals surface area contributed by atoms with Crippen LogP contribution in [0.4, 0.5) is 32.0 Å². The number of aliphatic hydroxyl groups is 1. The number of benzene rings is 3. The van der Waals surface area contributed by atoms with Crippen LogP contribution in [0, 0.1) is 0 Å². The molecule has 0 amide bonds. The molecule has 0 fully saturated rings. The lowest BCUT2D eigenvalue weighted by molar-refractivity contribution is -0.338. The first kappa shape index (κ1) is 26.5. The molecule has 1 aliphatic heterocycles. The van der Waals surface area contributed by atoms with Crippen molar-refractivity contribution >= 4 is 29.0 Å². The van der Waals surface area contributed by atoms with E-state index < -0.39 is 42.1 Å². The summed E-state index contributed by atoms with van der Waals surface area (Å²) in [6.45, 7) is 0. The highest BCUT2D eigenvalue weighted by molar-refractivity contribution is 6.33. The largest absolute Gasteiger partial charge is 0.478 e. The Kier molecular flexibility index (Phi) is 6.72. The summed E-state index contributed by atoms with van der Waals surface area (Å²) in [7, 11) is 0. The molecule has 0 aromatic heterocycles. The molecule has 1 aliphatic rings. The van der Waals surface area contributed by atoms with Gasteiger partial charge in [0.25, 0.3) is 5.60 Å². The molecule has 3 aromatic rings. The SMILES string of the molecule is O=C(O)c1ccc(-c2ccc(C3CC(C(O)(C(F)(F)F)C(F)(F)F)=NN3c3ccccc3Cl)cc2)cc1. The summed E-state index contributed by atoms with van der Waals surface area (Å²) in [5.41, 5.74) is -4.93. The highest BCUT2D eigenvalue weighted by atomic mass is 35.5. The zero-order valence-electron chi connectivity index (χ0n) is 18.6. The number of aromatic carboxylic acids is 1. The predicted octanol–water partition coefficient (Wildman–Crippen LogP) is 6.87. The number of rotatable bonds is 5. The maximum Gasteiger partial charge on any atom is 0.431 e. The number of para-hydroxylation sites is 1. The lowest BCUT2D eigenvalue weighted by Crippen LogP contribution is -2.62. The maximum atomic E-state index is 13.6. The molecule has 0 saturated heterocycles. The van der Waals surface area contributed by atoms with E-state index in [1.54, 1.807) is 24.3 Å². The Morgan fingerprint density at radius 2 is 1.38 bits per heavy atom. The van der Waals surface area contributed by atoms with Crippen LogP contribution in [0.1, 0.15) is 28.4 Å². The van der Waals surface area contributed by atoms with Gasteiger partial charge in [-0.15, -0.1) is 0 Å². The molecular formula is C25H17ClF6N2O3. The highest BCUT2D eigenvalue weighted by Crippen LogP contribution is 2.49. The van der Waals surface area contributed by atoms with Gasteiger partial charge in [-0.1, -0.05) is 60.1 Å². The van der Waals surface area contributed by atoms with Crippen LogP contribution in [0.15, 0.2) is 77.9 Å². The summed E-state index contributed by atoms with van der Waals surface area (Å²) in [6, 6.07) is 16.8. The number of carboxylic acids is 1. The van der Waals surface area contributed by atoms with Gasteiger partial charge in [-0.05, 0) is 41.0 Å². The van der Waals surface area contributed by atoms with Gasteiger partial charge in [-0.3, -0.25) is 5.01 Å². The quantitative estimate of drug-likeness (QED) is 0.345. The fourth-order valence-electron chi connectivity index (χ4n) is 4.04. The Morgan fingerprint density at radius 3 is 1.86 bits per heavy atom. The van der Waals surface area contributed by atoms with Crippen molar-refractivity contribution < 1.29 is 41.4 Å². The van der Waals surface area contributed by atoms with Gasteiger partial charge >= 0.3 is 18.3 Å². The Morgan fingerprint density at radius 1 is 0.865 bits per heavy atom. The summed E-state index contributed by atoms with van der Waals surface area (Å²) in [5.74, 6) is -1.10. The van der Waals surface area contributed by atoms with Gasteiger partial charge in [0, 0.05) is 6.42 Å². The third kappa shape index (κ3) is 4.76. The molecule has 0 aliphatic carbocycles. The van der Waals surface area contributed by atoms with Gasteiger partial charge < -0.3 is 10.2 Å². The summed E-state index contributed by atoms with van der Waals surface area (Å²) < 4.78 is 81.5. The second-order valence-corrected chi connectivity index (χ2v) is 8.68. The number of hydrogen-bond donors (Lipinski definition) is 2. The van der Waals surface area contributed by atoms with Crippen molar-refractivity contribution in [2.45, 2.75) is 30.4 Å². The standard InChI is InChI=1S/C25H17ClF6N2O3/c26-18-3-1-2-4-19(18)34-20(13-21(33-34)23(37,24(27,28)29)25(30,31)32)16-9-5-14(6-10-16)15-7-11-17(12-8-15)22(35)36/h1-12,20,37H,13H2,(H,35,36). The van der Waals surface area contributed by atoms with Gasteiger partial charge in [0.2, 0.25) is 0 Å². The lowest BCUT2D eigenvalue weighted by Gasteiger charge is -2.32. The van der Waals surface area contributed by atoms with E-state index in [-0.39, 0.29) is 16.3 Å². The van der Waals surface area contributed by atoms with Crippen LogP contribution in [-0.2, 0) is 0 Å². The molecule has 0 radical (unpaired) electrons. The second kappa shape index (κ2) is 9.38. The molecule has 1 atom stereocenters. The topological polar surface area (TPSA) is 73.1 Å². The van der Waals surface area contributed by atoms with Crippen molar-refractivity contribution in [3.8, 4) is 11.1 Å². The van der Waals surface area contributed by atoms with Crippen LogP contribution >= 0.6 is 11.6 Å². The third-order valence-corrected chi connectivity index (χ3v) is 6.33. The summed E-state index contributed by atoms with van der Waals surface area (Å²) >= 11 is 6.18. The van der Waals surface area contributed by atoms with Crippen LogP contribution < -0.4 is 5.01 Å². The van der Waals surface area contributed by atoms with Crippen LogP contribution in [0.5, 0.6) is 0 Å². The molecule has 12 heteroatoms. The number of carbonyl (C=O) groups is 1. The van der Waals surface area contributed by atoms with Crippen molar-refractivity contribution in [1.29, 1.82) is 0 Å². The van der Waals surface area contributed by atoms with Crippen molar-refractivity contribution in [2.75, 3.05) is 5.01 Å². The number of hydrogen-bond acceptors (Lipinski definition) is 4. The Bertz CT molecular complexity index is 1320. The van der Waals surface area contributed by atoms with Crippen molar-refractivity contribution in [3.05, 3.63) is 88.9 Å². The molecule has 1 unspecified atom stereocenters. The number of nitrogens with zero attached hydrogens (tertiary/aromatic N) is 2. The second-order valence-electron chi connectivity index (χ2n) is 8.27. The maximum absolute atomic E-state index is 13.6. The molecule has 1 heterocycles. The zero-order valence-corrected chi connectivity index (χ0v) is 19.3. The summed E-state index contributed by atoms with van der Waals surface area (Å²) in [5, 5.41) is 23.6. The van der Waals surface area contributed by atoms with Crippen LogP contribution in [-0.4, -0.2) is 39.8 Å². The summed E-state index contributed by atoms with van der Waals surface area (Å²) in [4.78, 5) is 11.0. The molecule has 194 valence electrons. The minimum Gasteiger partial charge on any atom is -0.478 e. The molecular weight excluding hydrogens is 526 g/mol. The molecule has 0 bridgehead atoms. The Labute approximate surface area is 211 Å². The third-order valence-electron chi connectivity index (χ3n) is 6.01. The Hall–Kier alpha value is -3.57. The average molecular weight is 543 g/mol. The van der Waals surface area contributed by atoms with Gasteiger partial charge in [-0.2, -0.15) is 31.4 Å². The molecule has 5 nitrogen and oxygen atoms in total. The van der Waals surface area contributed by atoms with Crippen molar-refractivity contribution in [3.63, 3.8) is 0 Å². The number of anilines is 1. The Balaban J connectivity index is 1.75. The van der Waals surface area contributed by atoms with E-state index in [9.17, 15) is 36.2 Å². The lowest BCUT2D eigenvalue weighted by atomic mass is 9.89. The molecule has 0 saturated carbocycles. The van der Waals surface area contributed by atoms with Crippen LogP contribution in [0.25, 0.3) is 11.1 Å². The van der Waals surface area contributed by atoms with Gasteiger partial charge in [0.1, 0.15) is 0 Å². The molecule has 3 aromatic carbocycles. The van der Waals surface area contributed by atoms with Crippen LogP contribution in [0.2, 0.25) is 5.02 Å². The molecule has 2 N–H and O–H groups in total. The van der Waals surface area contributed by atoms with E-state index >= 15 is 0 Å². The minimum atomic E-state index is -6.07. The normalized spacial score (nSPS) is 16.6. The number of hydrazone groups is 1.